The molecule has 0 spiro atoms. The first-order chi connectivity index (χ1) is 14.4. The number of carbonyl (C=O) groups is 2. The van der Waals surface area contributed by atoms with E-state index in [-0.39, 0.29) is 22.4 Å². The van der Waals surface area contributed by atoms with E-state index < -0.39 is 5.82 Å². The Hall–Kier alpha value is -2.90. The molecule has 2 amide bonds. The van der Waals surface area contributed by atoms with Gasteiger partial charge >= 0.3 is 0 Å². The molecule has 1 aromatic heterocycles. The molecule has 0 saturated carbocycles. The second-order valence-electron chi connectivity index (χ2n) is 6.89. The molecule has 0 unspecified atom stereocenters. The summed E-state index contributed by atoms with van der Waals surface area (Å²) in [7, 11) is 0. The van der Waals surface area contributed by atoms with Gasteiger partial charge in [-0.15, -0.1) is 0 Å². The molecule has 3 aromatic rings. The highest BCUT2D eigenvalue weighted by atomic mass is 35.5. The highest BCUT2D eigenvalue weighted by molar-refractivity contribution is 6.33. The van der Waals surface area contributed by atoms with Gasteiger partial charge in [-0.25, -0.2) is 4.39 Å². The number of benzene rings is 2. The Bertz CT molecular complexity index is 1110. The molecule has 4 rings (SSSR count). The molecule has 9 heteroatoms. The number of nitrogens with zero attached hydrogens (tertiary/aromatic N) is 3. The van der Waals surface area contributed by atoms with Crippen LogP contribution < -0.4 is 0 Å². The van der Waals surface area contributed by atoms with E-state index in [1.54, 1.807) is 28.0 Å². The van der Waals surface area contributed by atoms with E-state index in [9.17, 15) is 14.0 Å². The number of carbonyl (C=O) groups excluding carboxylic acids is 2. The lowest BCUT2D eigenvalue weighted by Crippen LogP contribution is -2.50. The van der Waals surface area contributed by atoms with E-state index in [4.69, 9.17) is 23.2 Å². The molecule has 0 atom stereocenters. The number of nitrogens with one attached hydrogen (secondary N) is 1. The Morgan fingerprint density at radius 3 is 2.30 bits per heavy atom. The van der Waals surface area contributed by atoms with Crippen LogP contribution in [0.3, 0.4) is 0 Å². The first-order valence-corrected chi connectivity index (χ1v) is 10.0. The first-order valence-electron chi connectivity index (χ1n) is 9.27. The predicted molar refractivity (Wildman–Crippen MR) is 112 cm³/mol. The molecule has 30 heavy (non-hydrogen) atoms. The van der Waals surface area contributed by atoms with Gasteiger partial charge in [0, 0.05) is 36.8 Å². The van der Waals surface area contributed by atoms with Gasteiger partial charge < -0.3 is 9.80 Å². The van der Waals surface area contributed by atoms with Crippen LogP contribution in [0.25, 0.3) is 11.3 Å². The maximum absolute atomic E-state index is 13.2. The van der Waals surface area contributed by atoms with Gasteiger partial charge in [0.2, 0.25) is 0 Å². The lowest BCUT2D eigenvalue weighted by molar-refractivity contribution is 0.0532. The molecule has 2 heterocycles. The van der Waals surface area contributed by atoms with E-state index in [0.717, 1.165) is 11.6 Å². The van der Waals surface area contributed by atoms with Gasteiger partial charge in [0.1, 0.15) is 11.5 Å². The molecule has 0 aliphatic carbocycles. The van der Waals surface area contributed by atoms with Crippen molar-refractivity contribution < 1.29 is 14.0 Å². The fraction of sp³-hybridized carbons (Fsp3) is 0.190. The van der Waals surface area contributed by atoms with Crippen LogP contribution >= 0.6 is 23.2 Å². The molecule has 2 aromatic carbocycles. The quantitative estimate of drug-likeness (QED) is 0.657. The number of amides is 2. The van der Waals surface area contributed by atoms with Crippen LogP contribution in [0, 0.1) is 5.82 Å². The summed E-state index contributed by atoms with van der Waals surface area (Å²) in [6.07, 6.45) is 0. The van der Waals surface area contributed by atoms with E-state index in [1.165, 1.54) is 12.1 Å². The minimum absolute atomic E-state index is 0.0736. The summed E-state index contributed by atoms with van der Waals surface area (Å²) < 4.78 is 13.2. The van der Waals surface area contributed by atoms with Crippen molar-refractivity contribution in [1.29, 1.82) is 0 Å². The summed E-state index contributed by atoms with van der Waals surface area (Å²) in [5, 5.41) is 7.64. The molecule has 0 bridgehead atoms. The van der Waals surface area contributed by atoms with E-state index >= 15 is 0 Å². The second-order valence-corrected chi connectivity index (χ2v) is 7.73. The normalized spacial score (nSPS) is 14.1. The summed E-state index contributed by atoms with van der Waals surface area (Å²) >= 11 is 12.0. The summed E-state index contributed by atoms with van der Waals surface area (Å²) in [6.45, 7) is 1.45. The van der Waals surface area contributed by atoms with Crippen LogP contribution in [0.1, 0.15) is 20.8 Å². The SMILES string of the molecule is O=C(c1cc(-c2cccc(Cl)c2)n[nH]1)N1CCN(C(=O)c2ccc(F)cc2Cl)CC1. The fourth-order valence-electron chi connectivity index (χ4n) is 3.34. The first kappa shape index (κ1) is 20.4. The third-order valence-electron chi connectivity index (χ3n) is 4.94. The molecular formula is C21H17Cl2FN4O2. The van der Waals surface area contributed by atoms with Gasteiger partial charge in [-0.2, -0.15) is 5.10 Å². The van der Waals surface area contributed by atoms with Crippen LogP contribution in [0.4, 0.5) is 4.39 Å². The molecule has 1 saturated heterocycles. The third kappa shape index (κ3) is 4.17. The number of halogens is 3. The van der Waals surface area contributed by atoms with Gasteiger partial charge in [0.15, 0.2) is 0 Å². The van der Waals surface area contributed by atoms with Gasteiger partial charge in [0.05, 0.1) is 16.3 Å². The number of hydrogen-bond donors (Lipinski definition) is 1. The summed E-state index contributed by atoms with van der Waals surface area (Å²) in [5.74, 6) is -0.969. The van der Waals surface area contributed by atoms with Gasteiger partial charge in [-0.1, -0.05) is 35.3 Å². The molecular weight excluding hydrogens is 430 g/mol. The zero-order chi connectivity index (χ0) is 21.3. The molecule has 1 aliphatic rings. The van der Waals surface area contributed by atoms with Crippen molar-refractivity contribution in [3.63, 3.8) is 0 Å². The highest BCUT2D eigenvalue weighted by Gasteiger charge is 2.27. The largest absolute Gasteiger partial charge is 0.335 e. The minimum atomic E-state index is -0.497. The standard InChI is InChI=1S/C21H17Cl2FN4O2/c22-14-3-1-2-13(10-14)18-12-19(26-25-18)21(30)28-8-6-27(7-9-28)20(29)16-5-4-15(24)11-17(16)23/h1-5,10-12H,6-9H2,(H,25,26). The molecule has 6 nitrogen and oxygen atoms in total. The van der Waals surface area contributed by atoms with Crippen LogP contribution in [0.15, 0.2) is 48.5 Å². The van der Waals surface area contributed by atoms with Crippen LogP contribution in [0.2, 0.25) is 10.0 Å². The van der Waals surface area contributed by atoms with Crippen LogP contribution in [-0.4, -0.2) is 58.0 Å². The Balaban J connectivity index is 1.40. The van der Waals surface area contributed by atoms with Crippen molar-refractivity contribution in [1.82, 2.24) is 20.0 Å². The number of hydrogen-bond acceptors (Lipinski definition) is 3. The number of aromatic nitrogens is 2. The lowest BCUT2D eigenvalue weighted by atomic mass is 10.1. The molecule has 154 valence electrons. The summed E-state index contributed by atoms with van der Waals surface area (Å²) in [6, 6.07) is 12.6. The number of rotatable bonds is 3. The second kappa shape index (κ2) is 8.45. The number of aromatic amines is 1. The monoisotopic (exact) mass is 446 g/mol. The van der Waals surface area contributed by atoms with Crippen LogP contribution in [0.5, 0.6) is 0 Å². The van der Waals surface area contributed by atoms with Gasteiger partial charge in [-0.05, 0) is 36.4 Å². The average molecular weight is 447 g/mol. The van der Waals surface area contributed by atoms with E-state index in [2.05, 4.69) is 10.2 Å². The zero-order valence-corrected chi connectivity index (χ0v) is 17.3. The maximum atomic E-state index is 13.2. The Morgan fingerprint density at radius 2 is 1.63 bits per heavy atom. The van der Waals surface area contributed by atoms with E-state index in [0.29, 0.717) is 42.6 Å². The van der Waals surface area contributed by atoms with Gasteiger partial charge in [0.25, 0.3) is 11.8 Å². The van der Waals surface area contributed by atoms with Crippen molar-refractivity contribution in [2.75, 3.05) is 26.2 Å². The minimum Gasteiger partial charge on any atom is -0.335 e. The molecule has 1 fully saturated rings. The number of H-pyrrole nitrogens is 1. The van der Waals surface area contributed by atoms with E-state index in [1.807, 2.05) is 12.1 Å². The Kier molecular flexibility index (Phi) is 5.74. The van der Waals surface area contributed by atoms with Crippen molar-refractivity contribution in [2.24, 2.45) is 0 Å². The van der Waals surface area contributed by atoms with Crippen molar-refractivity contribution in [3.8, 4) is 11.3 Å². The smallest absolute Gasteiger partial charge is 0.272 e. The summed E-state index contributed by atoms with van der Waals surface area (Å²) in [4.78, 5) is 28.7. The zero-order valence-electron chi connectivity index (χ0n) is 15.7. The predicted octanol–water partition coefficient (Wildman–Crippen LogP) is 4.12. The van der Waals surface area contributed by atoms with Crippen molar-refractivity contribution >= 4 is 35.0 Å². The maximum Gasteiger partial charge on any atom is 0.272 e. The summed E-state index contributed by atoms with van der Waals surface area (Å²) in [5.41, 5.74) is 2.05. The molecule has 1 N–H and O–H groups in total. The lowest BCUT2D eigenvalue weighted by Gasteiger charge is -2.34. The fourth-order valence-corrected chi connectivity index (χ4v) is 3.78. The third-order valence-corrected chi connectivity index (χ3v) is 5.49. The topological polar surface area (TPSA) is 69.3 Å². The van der Waals surface area contributed by atoms with Crippen LogP contribution in [-0.2, 0) is 0 Å². The average Bonchev–Trinajstić information content (AvgIpc) is 3.23. The van der Waals surface area contributed by atoms with Gasteiger partial charge in [-0.3, -0.25) is 14.7 Å². The number of piperazine rings is 1. The molecule has 0 radical (unpaired) electrons. The Morgan fingerprint density at radius 1 is 0.933 bits per heavy atom. The van der Waals surface area contributed by atoms with Crippen molar-refractivity contribution in [2.45, 2.75) is 0 Å². The highest BCUT2D eigenvalue weighted by Crippen LogP contribution is 2.23. The Labute approximate surface area is 182 Å². The van der Waals surface area contributed by atoms with Crippen molar-refractivity contribution in [3.05, 3.63) is 75.7 Å². The molecule has 1 aliphatic heterocycles.